The van der Waals surface area contributed by atoms with Crippen LogP contribution < -0.4 is 11.3 Å². The molecule has 90 valence electrons. The molecule has 4 heteroatoms. The summed E-state index contributed by atoms with van der Waals surface area (Å²) in [4.78, 5) is 0. The fraction of sp³-hybridized carbons (Fsp3) is 0.231. The van der Waals surface area contributed by atoms with E-state index in [4.69, 9.17) is 10.3 Å². The van der Waals surface area contributed by atoms with Crippen LogP contribution in [-0.2, 0) is 6.42 Å². The van der Waals surface area contributed by atoms with Gasteiger partial charge in [-0.2, -0.15) is 0 Å². The molecule has 0 bridgehead atoms. The molecule has 0 amide bonds. The molecule has 0 fully saturated rings. The molecule has 0 radical (unpaired) electrons. The molecule has 1 heterocycles. The predicted molar refractivity (Wildman–Crippen MR) is 76.4 cm³/mol. The molecule has 0 aliphatic heterocycles. The van der Waals surface area contributed by atoms with Gasteiger partial charge in [0.2, 0.25) is 0 Å². The number of aryl methyl sites for hydroxylation is 1. The molecule has 0 aliphatic carbocycles. The van der Waals surface area contributed by atoms with E-state index in [1.165, 1.54) is 9.13 Å². The highest BCUT2D eigenvalue weighted by molar-refractivity contribution is 14.1. The Bertz CT molecular complexity index is 478. The van der Waals surface area contributed by atoms with Crippen molar-refractivity contribution in [1.82, 2.24) is 5.43 Å². The summed E-state index contributed by atoms with van der Waals surface area (Å²) in [5.41, 5.74) is 5.18. The SMILES string of the molecule is Cc1ccoc1C(Cc1ccc(I)cc1)NN. The van der Waals surface area contributed by atoms with E-state index in [-0.39, 0.29) is 6.04 Å². The summed E-state index contributed by atoms with van der Waals surface area (Å²) in [5.74, 6) is 6.51. The van der Waals surface area contributed by atoms with E-state index in [9.17, 15) is 0 Å². The third-order valence-electron chi connectivity index (χ3n) is 2.77. The monoisotopic (exact) mass is 342 g/mol. The summed E-state index contributed by atoms with van der Waals surface area (Å²) >= 11 is 2.30. The Labute approximate surface area is 114 Å². The van der Waals surface area contributed by atoms with Crippen molar-refractivity contribution < 1.29 is 4.42 Å². The van der Waals surface area contributed by atoms with Crippen molar-refractivity contribution in [3.63, 3.8) is 0 Å². The third-order valence-corrected chi connectivity index (χ3v) is 3.49. The highest BCUT2D eigenvalue weighted by Gasteiger charge is 2.15. The number of benzene rings is 1. The molecule has 1 atom stereocenters. The van der Waals surface area contributed by atoms with Crippen molar-refractivity contribution >= 4 is 22.6 Å². The number of hydrogen-bond acceptors (Lipinski definition) is 3. The Morgan fingerprint density at radius 3 is 2.53 bits per heavy atom. The normalized spacial score (nSPS) is 12.6. The van der Waals surface area contributed by atoms with E-state index in [0.29, 0.717) is 0 Å². The zero-order valence-electron chi connectivity index (χ0n) is 9.61. The van der Waals surface area contributed by atoms with Crippen molar-refractivity contribution in [2.24, 2.45) is 5.84 Å². The fourth-order valence-corrected chi connectivity index (χ4v) is 2.18. The zero-order valence-corrected chi connectivity index (χ0v) is 11.8. The van der Waals surface area contributed by atoms with Crippen LogP contribution >= 0.6 is 22.6 Å². The van der Waals surface area contributed by atoms with Gasteiger partial charge in [-0.3, -0.25) is 5.84 Å². The minimum Gasteiger partial charge on any atom is -0.467 e. The first kappa shape index (κ1) is 12.6. The highest BCUT2D eigenvalue weighted by atomic mass is 127. The number of halogens is 1. The summed E-state index contributed by atoms with van der Waals surface area (Å²) in [5, 5.41) is 0. The molecule has 2 aromatic rings. The number of hydrazine groups is 1. The van der Waals surface area contributed by atoms with Gasteiger partial charge in [0.25, 0.3) is 0 Å². The molecular formula is C13H15IN2O. The molecular weight excluding hydrogens is 327 g/mol. The van der Waals surface area contributed by atoms with Gasteiger partial charge in [-0.25, -0.2) is 5.43 Å². The summed E-state index contributed by atoms with van der Waals surface area (Å²) in [7, 11) is 0. The van der Waals surface area contributed by atoms with Gasteiger partial charge in [0.15, 0.2) is 0 Å². The third kappa shape index (κ3) is 3.08. The first-order chi connectivity index (χ1) is 8.20. The van der Waals surface area contributed by atoms with Crippen LogP contribution in [0.4, 0.5) is 0 Å². The van der Waals surface area contributed by atoms with Crippen LogP contribution in [0.3, 0.4) is 0 Å². The van der Waals surface area contributed by atoms with Gasteiger partial charge in [-0.05, 0) is 65.3 Å². The summed E-state index contributed by atoms with van der Waals surface area (Å²) in [6.07, 6.45) is 2.52. The minimum absolute atomic E-state index is 0.0186. The topological polar surface area (TPSA) is 51.2 Å². The molecule has 0 aliphatic rings. The molecule has 1 aromatic heterocycles. The van der Waals surface area contributed by atoms with E-state index in [0.717, 1.165) is 17.7 Å². The quantitative estimate of drug-likeness (QED) is 0.510. The molecule has 0 saturated carbocycles. The number of rotatable bonds is 4. The average Bonchev–Trinajstić information content (AvgIpc) is 2.75. The van der Waals surface area contributed by atoms with Crippen LogP contribution in [0.1, 0.15) is 22.9 Å². The summed E-state index contributed by atoms with van der Waals surface area (Å²) in [6.45, 7) is 2.02. The van der Waals surface area contributed by atoms with Gasteiger partial charge in [-0.15, -0.1) is 0 Å². The molecule has 1 aromatic carbocycles. The van der Waals surface area contributed by atoms with E-state index in [1.54, 1.807) is 6.26 Å². The van der Waals surface area contributed by atoms with Crippen LogP contribution in [-0.4, -0.2) is 0 Å². The summed E-state index contributed by atoms with van der Waals surface area (Å²) in [6, 6.07) is 10.4. The lowest BCUT2D eigenvalue weighted by Crippen LogP contribution is -2.29. The average molecular weight is 342 g/mol. The lowest BCUT2D eigenvalue weighted by atomic mass is 10.0. The Kier molecular flexibility index (Phi) is 4.20. The van der Waals surface area contributed by atoms with E-state index in [1.807, 2.05) is 13.0 Å². The fourth-order valence-electron chi connectivity index (χ4n) is 1.82. The van der Waals surface area contributed by atoms with Crippen LogP contribution in [0.5, 0.6) is 0 Å². The Balaban J connectivity index is 2.16. The zero-order chi connectivity index (χ0) is 12.3. The van der Waals surface area contributed by atoms with Crippen molar-refractivity contribution in [2.75, 3.05) is 0 Å². The van der Waals surface area contributed by atoms with Gasteiger partial charge in [0.05, 0.1) is 12.3 Å². The van der Waals surface area contributed by atoms with Gasteiger partial charge in [0.1, 0.15) is 5.76 Å². The Morgan fingerprint density at radius 2 is 2.00 bits per heavy atom. The standard InChI is InChI=1S/C13H15IN2O/c1-9-6-7-17-13(9)12(16-15)8-10-2-4-11(14)5-3-10/h2-7,12,16H,8,15H2,1H3. The minimum atomic E-state index is 0.0186. The van der Waals surface area contributed by atoms with Crippen molar-refractivity contribution in [3.8, 4) is 0 Å². The Morgan fingerprint density at radius 1 is 1.29 bits per heavy atom. The lowest BCUT2D eigenvalue weighted by molar-refractivity contribution is 0.413. The second-order valence-corrected chi connectivity index (χ2v) is 5.26. The van der Waals surface area contributed by atoms with Crippen molar-refractivity contribution in [2.45, 2.75) is 19.4 Å². The maximum atomic E-state index is 5.60. The molecule has 3 N–H and O–H groups in total. The number of nitrogens with one attached hydrogen (secondary N) is 1. The molecule has 2 rings (SSSR count). The van der Waals surface area contributed by atoms with Gasteiger partial charge in [-0.1, -0.05) is 12.1 Å². The second-order valence-electron chi connectivity index (χ2n) is 4.02. The molecule has 0 saturated heterocycles. The first-order valence-corrected chi connectivity index (χ1v) is 6.53. The van der Waals surface area contributed by atoms with Crippen LogP contribution in [0.25, 0.3) is 0 Å². The van der Waals surface area contributed by atoms with Gasteiger partial charge in [0, 0.05) is 3.57 Å². The summed E-state index contributed by atoms with van der Waals surface area (Å²) < 4.78 is 6.70. The second kappa shape index (κ2) is 5.66. The van der Waals surface area contributed by atoms with Crippen LogP contribution in [0, 0.1) is 10.5 Å². The maximum absolute atomic E-state index is 5.60. The largest absolute Gasteiger partial charge is 0.467 e. The smallest absolute Gasteiger partial charge is 0.125 e. The van der Waals surface area contributed by atoms with Gasteiger partial charge < -0.3 is 4.42 Å². The number of furan rings is 1. The van der Waals surface area contributed by atoms with Crippen molar-refractivity contribution in [3.05, 3.63) is 57.1 Å². The first-order valence-electron chi connectivity index (χ1n) is 5.45. The molecule has 3 nitrogen and oxygen atoms in total. The molecule has 17 heavy (non-hydrogen) atoms. The van der Waals surface area contributed by atoms with E-state index >= 15 is 0 Å². The highest BCUT2D eigenvalue weighted by Crippen LogP contribution is 2.22. The predicted octanol–water partition coefficient (Wildman–Crippen LogP) is 2.94. The van der Waals surface area contributed by atoms with Crippen LogP contribution in [0.2, 0.25) is 0 Å². The number of hydrogen-bond donors (Lipinski definition) is 2. The van der Waals surface area contributed by atoms with Gasteiger partial charge >= 0.3 is 0 Å². The Hall–Kier alpha value is -0.850. The number of nitrogens with two attached hydrogens (primary N) is 1. The molecule has 1 unspecified atom stereocenters. The maximum Gasteiger partial charge on any atom is 0.125 e. The van der Waals surface area contributed by atoms with E-state index in [2.05, 4.69) is 52.3 Å². The molecule has 0 spiro atoms. The van der Waals surface area contributed by atoms with Crippen molar-refractivity contribution in [1.29, 1.82) is 0 Å². The lowest BCUT2D eigenvalue weighted by Gasteiger charge is -2.14. The van der Waals surface area contributed by atoms with E-state index < -0.39 is 0 Å². The van der Waals surface area contributed by atoms with Crippen LogP contribution in [0.15, 0.2) is 41.0 Å².